The number of nitrogens with one attached hydrogen (secondary N) is 2. The summed E-state index contributed by atoms with van der Waals surface area (Å²) in [4.78, 5) is 22.1. The fourth-order valence-electron chi connectivity index (χ4n) is 4.88. The molecule has 4 atom stereocenters. The SMILES string of the molecule is C(#CC12CNCC1C2)c1ccccn1.CCN.CCNC(=O)N1CC2CC2(C#Cc2ccccn2)C1. The van der Waals surface area contributed by atoms with E-state index < -0.39 is 0 Å². The van der Waals surface area contributed by atoms with Crippen molar-refractivity contribution in [2.75, 3.05) is 39.3 Å². The number of urea groups is 1. The van der Waals surface area contributed by atoms with Gasteiger partial charge in [0, 0.05) is 44.0 Å². The summed E-state index contributed by atoms with van der Waals surface area (Å²) in [5.74, 6) is 14.4. The van der Waals surface area contributed by atoms with E-state index in [1.165, 1.54) is 6.42 Å². The summed E-state index contributed by atoms with van der Waals surface area (Å²) in [6, 6.07) is 11.6. The summed E-state index contributed by atoms with van der Waals surface area (Å²) in [6.45, 7) is 9.07. The molecular weight excluding hydrogens is 448 g/mol. The van der Waals surface area contributed by atoms with Crippen molar-refractivity contribution in [2.45, 2.75) is 26.7 Å². The van der Waals surface area contributed by atoms with Gasteiger partial charge in [-0.25, -0.2) is 14.8 Å². The number of nitrogens with zero attached hydrogens (tertiary/aromatic N) is 3. The largest absolute Gasteiger partial charge is 0.338 e. The minimum atomic E-state index is 0.0304. The van der Waals surface area contributed by atoms with Gasteiger partial charge in [-0.1, -0.05) is 30.9 Å². The van der Waals surface area contributed by atoms with Gasteiger partial charge in [-0.2, -0.15) is 0 Å². The predicted octanol–water partition coefficient (Wildman–Crippen LogP) is 2.49. The molecule has 0 spiro atoms. The lowest BCUT2D eigenvalue weighted by Gasteiger charge is -2.19. The first-order valence-electron chi connectivity index (χ1n) is 12.9. The van der Waals surface area contributed by atoms with E-state index in [4.69, 9.17) is 5.73 Å². The predicted molar refractivity (Wildman–Crippen MR) is 142 cm³/mol. The molecule has 4 aliphatic rings. The van der Waals surface area contributed by atoms with Gasteiger partial charge in [0.2, 0.25) is 0 Å². The number of fused-ring (bicyclic) bond motifs is 2. The average molecular weight is 485 g/mol. The number of piperidine rings is 2. The van der Waals surface area contributed by atoms with E-state index in [0.717, 1.165) is 56.5 Å². The zero-order valence-corrected chi connectivity index (χ0v) is 21.3. The van der Waals surface area contributed by atoms with Crippen molar-refractivity contribution in [2.24, 2.45) is 28.4 Å². The van der Waals surface area contributed by atoms with Crippen LogP contribution in [0.1, 0.15) is 38.1 Å². The molecule has 2 aliphatic carbocycles. The fourth-order valence-corrected chi connectivity index (χ4v) is 4.88. The average Bonchev–Trinajstić information content (AvgIpc) is 3.69. The molecule has 2 aliphatic heterocycles. The van der Waals surface area contributed by atoms with Crippen molar-refractivity contribution < 1.29 is 4.79 Å². The third kappa shape index (κ3) is 6.23. The van der Waals surface area contributed by atoms with Crippen LogP contribution in [0.5, 0.6) is 0 Å². The van der Waals surface area contributed by atoms with E-state index in [1.54, 1.807) is 12.4 Å². The van der Waals surface area contributed by atoms with Crippen LogP contribution in [0.25, 0.3) is 0 Å². The smallest absolute Gasteiger partial charge is 0.317 e. The van der Waals surface area contributed by atoms with Crippen LogP contribution in [0.3, 0.4) is 0 Å². The maximum absolute atomic E-state index is 11.8. The number of likely N-dealkylation sites (tertiary alicyclic amines) is 1. The molecular formula is C29H36N6O. The minimum Gasteiger partial charge on any atom is -0.338 e. The van der Waals surface area contributed by atoms with Gasteiger partial charge in [-0.05, 0) is 80.8 Å². The lowest BCUT2D eigenvalue weighted by Crippen LogP contribution is -2.40. The highest BCUT2D eigenvalue weighted by molar-refractivity contribution is 5.75. The summed E-state index contributed by atoms with van der Waals surface area (Å²) < 4.78 is 0. The Morgan fingerprint density at radius 3 is 2.17 bits per heavy atom. The number of rotatable bonds is 1. The molecule has 2 aromatic heterocycles. The van der Waals surface area contributed by atoms with Crippen LogP contribution in [0.2, 0.25) is 0 Å². The molecule has 2 saturated heterocycles. The second-order valence-corrected chi connectivity index (χ2v) is 9.80. The molecule has 36 heavy (non-hydrogen) atoms. The molecule has 4 unspecified atom stereocenters. The Hall–Kier alpha value is -3.39. The zero-order valence-electron chi connectivity index (χ0n) is 21.3. The third-order valence-electron chi connectivity index (χ3n) is 7.03. The Bertz CT molecular complexity index is 1150. The van der Waals surface area contributed by atoms with Crippen LogP contribution < -0.4 is 16.4 Å². The molecule has 0 bridgehead atoms. The number of amides is 2. The van der Waals surface area contributed by atoms with E-state index in [2.05, 4.69) is 44.3 Å². The van der Waals surface area contributed by atoms with Crippen molar-refractivity contribution in [3.63, 3.8) is 0 Å². The quantitative estimate of drug-likeness (QED) is 0.541. The van der Waals surface area contributed by atoms with Crippen molar-refractivity contribution in [1.82, 2.24) is 25.5 Å². The molecule has 4 N–H and O–H groups in total. The second-order valence-electron chi connectivity index (χ2n) is 9.80. The molecule has 0 radical (unpaired) electrons. The second kappa shape index (κ2) is 11.6. The lowest BCUT2D eigenvalue weighted by atomic mass is 10.1. The number of hydrogen-bond donors (Lipinski definition) is 3. The minimum absolute atomic E-state index is 0.0304. The summed E-state index contributed by atoms with van der Waals surface area (Å²) >= 11 is 0. The summed E-state index contributed by atoms with van der Waals surface area (Å²) in [5.41, 5.74) is 6.87. The Morgan fingerprint density at radius 1 is 1.06 bits per heavy atom. The Balaban J connectivity index is 0.000000158. The molecule has 4 fully saturated rings. The number of pyridine rings is 2. The summed E-state index contributed by atoms with van der Waals surface area (Å²) in [5, 5.41) is 6.22. The standard InChI is InChI=1S/C15H17N3O.C12H12N2.C2H7N/c1-2-16-14(19)18-10-12-9-15(12,11-18)7-6-13-5-3-4-8-17-13;1-2-6-14-11(3-1)4-5-12-7-10(12)8-13-9-12;1-2-3/h3-5,8,12H,2,9-11H2,1H3,(H,16,19);1-3,6,10,13H,7-9H2;2-3H2,1H3. The number of aromatic nitrogens is 2. The number of carbonyl (C=O) groups is 1. The van der Waals surface area contributed by atoms with Gasteiger partial charge in [0.25, 0.3) is 0 Å². The van der Waals surface area contributed by atoms with Crippen molar-refractivity contribution in [3.8, 4) is 23.7 Å². The molecule has 188 valence electrons. The molecule has 7 heteroatoms. The molecule has 4 heterocycles. The molecule has 2 saturated carbocycles. The van der Waals surface area contributed by atoms with Crippen molar-refractivity contribution in [1.29, 1.82) is 0 Å². The summed E-state index contributed by atoms with van der Waals surface area (Å²) in [7, 11) is 0. The maximum Gasteiger partial charge on any atom is 0.317 e. The van der Waals surface area contributed by atoms with Gasteiger partial charge in [-0.3, -0.25) is 0 Å². The van der Waals surface area contributed by atoms with E-state index >= 15 is 0 Å². The van der Waals surface area contributed by atoms with Crippen LogP contribution in [0, 0.1) is 46.3 Å². The maximum atomic E-state index is 11.8. The monoisotopic (exact) mass is 484 g/mol. The van der Waals surface area contributed by atoms with Crippen LogP contribution in [0.15, 0.2) is 48.8 Å². The van der Waals surface area contributed by atoms with Gasteiger partial charge < -0.3 is 21.3 Å². The topological polar surface area (TPSA) is 96.2 Å². The highest BCUT2D eigenvalue weighted by Crippen LogP contribution is 2.57. The number of carbonyl (C=O) groups excluding carboxylic acids is 1. The van der Waals surface area contributed by atoms with Crippen LogP contribution in [-0.4, -0.2) is 60.2 Å². The van der Waals surface area contributed by atoms with E-state index in [0.29, 0.717) is 17.9 Å². The molecule has 0 aromatic carbocycles. The first-order valence-corrected chi connectivity index (χ1v) is 12.9. The van der Waals surface area contributed by atoms with Gasteiger partial charge in [0.05, 0.1) is 5.41 Å². The Morgan fingerprint density at radius 2 is 1.67 bits per heavy atom. The lowest BCUT2D eigenvalue weighted by molar-refractivity contribution is 0.203. The van der Waals surface area contributed by atoms with E-state index in [9.17, 15) is 4.79 Å². The third-order valence-corrected chi connectivity index (χ3v) is 7.03. The van der Waals surface area contributed by atoms with E-state index in [-0.39, 0.29) is 11.4 Å². The van der Waals surface area contributed by atoms with Crippen molar-refractivity contribution >= 4 is 6.03 Å². The van der Waals surface area contributed by atoms with Crippen molar-refractivity contribution in [3.05, 3.63) is 60.2 Å². The fraction of sp³-hybridized carbons (Fsp3) is 0.483. The van der Waals surface area contributed by atoms with Gasteiger partial charge in [0.1, 0.15) is 11.4 Å². The zero-order chi connectivity index (χ0) is 25.4. The van der Waals surface area contributed by atoms with Crippen LogP contribution in [0.4, 0.5) is 4.79 Å². The Kier molecular flexibility index (Phi) is 8.25. The van der Waals surface area contributed by atoms with Gasteiger partial charge in [0.15, 0.2) is 0 Å². The summed E-state index contributed by atoms with van der Waals surface area (Å²) in [6.07, 6.45) is 5.93. The number of nitrogens with two attached hydrogens (primary N) is 1. The molecule has 7 nitrogen and oxygen atoms in total. The Labute approximate surface area is 214 Å². The van der Waals surface area contributed by atoms with Gasteiger partial charge in [-0.15, -0.1) is 0 Å². The molecule has 2 aromatic rings. The molecule has 2 amide bonds. The van der Waals surface area contributed by atoms with E-state index in [1.807, 2.05) is 55.1 Å². The molecule has 6 rings (SSSR count). The first-order chi connectivity index (χ1) is 17.5. The highest BCUT2D eigenvalue weighted by atomic mass is 16.2. The van der Waals surface area contributed by atoms with Crippen LogP contribution in [-0.2, 0) is 0 Å². The van der Waals surface area contributed by atoms with Gasteiger partial charge >= 0.3 is 6.03 Å². The normalized spacial score (nSPS) is 27.7. The first kappa shape index (κ1) is 25.7. The highest BCUT2D eigenvalue weighted by Gasteiger charge is 2.60. The van der Waals surface area contributed by atoms with Crippen LogP contribution >= 0.6 is 0 Å². The number of hydrogen-bond acceptors (Lipinski definition) is 5.